The molecular weight excluding hydrogens is 292 g/mol. The van der Waals surface area contributed by atoms with Crippen molar-refractivity contribution < 1.29 is 9.84 Å². The van der Waals surface area contributed by atoms with Gasteiger partial charge in [-0.3, -0.25) is 4.90 Å². The number of hydrogen-bond donors (Lipinski definition) is 1. The van der Waals surface area contributed by atoms with Gasteiger partial charge in [0.15, 0.2) is 0 Å². The van der Waals surface area contributed by atoms with Crippen LogP contribution in [0, 0.1) is 0 Å². The molecule has 0 amide bonds. The predicted molar refractivity (Wildman–Crippen MR) is 87.7 cm³/mol. The molecule has 1 aromatic rings. The summed E-state index contributed by atoms with van der Waals surface area (Å²) in [7, 11) is 0. The van der Waals surface area contributed by atoms with E-state index >= 15 is 0 Å². The van der Waals surface area contributed by atoms with Crippen molar-refractivity contribution >= 4 is 5.82 Å². The number of rotatable bonds is 4. The normalized spacial score (nSPS) is 25.5. The minimum atomic E-state index is -0.569. The summed E-state index contributed by atoms with van der Waals surface area (Å²) in [5.41, 5.74) is -0.569. The Labute approximate surface area is 137 Å². The van der Waals surface area contributed by atoms with E-state index in [-0.39, 0.29) is 0 Å². The molecule has 23 heavy (non-hydrogen) atoms. The highest BCUT2D eigenvalue weighted by atomic mass is 16.5. The van der Waals surface area contributed by atoms with E-state index < -0.39 is 5.60 Å². The first-order valence-corrected chi connectivity index (χ1v) is 8.82. The van der Waals surface area contributed by atoms with Crippen molar-refractivity contribution in [1.29, 1.82) is 0 Å². The van der Waals surface area contributed by atoms with Gasteiger partial charge < -0.3 is 14.7 Å². The summed E-state index contributed by atoms with van der Waals surface area (Å²) in [4.78, 5) is 13.7. The molecule has 3 fully saturated rings. The van der Waals surface area contributed by atoms with Gasteiger partial charge in [0.2, 0.25) is 0 Å². The number of β-amino-alcohol motifs (C(OH)–C–C–N with tert-alkyl or cyclic N) is 1. The van der Waals surface area contributed by atoms with Gasteiger partial charge in [-0.1, -0.05) is 0 Å². The molecule has 0 unspecified atom stereocenters. The average Bonchev–Trinajstić information content (AvgIpc) is 3.41. The van der Waals surface area contributed by atoms with Gasteiger partial charge in [0.25, 0.3) is 0 Å². The maximum absolute atomic E-state index is 10.9. The Morgan fingerprint density at radius 1 is 1.17 bits per heavy atom. The SMILES string of the molecule is OC1(CN2CCOCC2)CCN(c2ccnc(C3CC3)n2)CC1. The zero-order chi connectivity index (χ0) is 15.7. The van der Waals surface area contributed by atoms with Crippen LogP contribution in [-0.4, -0.2) is 71.5 Å². The number of ether oxygens (including phenoxy) is 1. The van der Waals surface area contributed by atoms with Gasteiger partial charge in [-0.2, -0.15) is 0 Å². The summed E-state index contributed by atoms with van der Waals surface area (Å²) in [5.74, 6) is 2.60. The number of anilines is 1. The average molecular weight is 318 g/mol. The van der Waals surface area contributed by atoms with E-state index in [1.54, 1.807) is 0 Å². The summed E-state index contributed by atoms with van der Waals surface area (Å²) >= 11 is 0. The van der Waals surface area contributed by atoms with Crippen molar-refractivity contribution in [1.82, 2.24) is 14.9 Å². The second-order valence-electron chi connectivity index (χ2n) is 7.15. The fourth-order valence-electron chi connectivity index (χ4n) is 3.56. The second-order valence-corrected chi connectivity index (χ2v) is 7.15. The van der Waals surface area contributed by atoms with Gasteiger partial charge >= 0.3 is 0 Å². The van der Waals surface area contributed by atoms with E-state index in [1.807, 2.05) is 12.3 Å². The lowest BCUT2D eigenvalue weighted by Crippen LogP contribution is -2.53. The van der Waals surface area contributed by atoms with Crippen LogP contribution < -0.4 is 4.90 Å². The van der Waals surface area contributed by atoms with Gasteiger partial charge in [-0.15, -0.1) is 0 Å². The molecule has 0 radical (unpaired) electrons. The van der Waals surface area contributed by atoms with Crippen LogP contribution in [0.15, 0.2) is 12.3 Å². The zero-order valence-electron chi connectivity index (χ0n) is 13.7. The Bertz CT molecular complexity index is 535. The van der Waals surface area contributed by atoms with E-state index in [4.69, 9.17) is 9.72 Å². The largest absolute Gasteiger partial charge is 0.388 e. The van der Waals surface area contributed by atoms with Gasteiger partial charge in [0, 0.05) is 44.8 Å². The molecule has 2 aliphatic heterocycles. The van der Waals surface area contributed by atoms with E-state index in [1.165, 1.54) is 12.8 Å². The molecule has 6 nitrogen and oxygen atoms in total. The Kier molecular flexibility index (Phi) is 4.22. The zero-order valence-corrected chi connectivity index (χ0v) is 13.7. The van der Waals surface area contributed by atoms with Crippen molar-refractivity contribution in [3.8, 4) is 0 Å². The second kappa shape index (κ2) is 6.34. The Hall–Kier alpha value is -1.24. The monoisotopic (exact) mass is 318 g/mol. The Morgan fingerprint density at radius 3 is 2.61 bits per heavy atom. The van der Waals surface area contributed by atoms with E-state index in [0.717, 1.165) is 70.4 Å². The lowest BCUT2D eigenvalue weighted by molar-refractivity contribution is -0.0441. The van der Waals surface area contributed by atoms with Crippen molar-refractivity contribution in [3.05, 3.63) is 18.1 Å². The molecular formula is C17H26N4O2. The quantitative estimate of drug-likeness (QED) is 0.894. The lowest BCUT2D eigenvalue weighted by atomic mass is 9.90. The molecule has 0 aromatic carbocycles. The Morgan fingerprint density at radius 2 is 1.91 bits per heavy atom. The summed E-state index contributed by atoms with van der Waals surface area (Å²) in [6.07, 6.45) is 5.93. The van der Waals surface area contributed by atoms with Gasteiger partial charge in [0.1, 0.15) is 11.6 Å². The van der Waals surface area contributed by atoms with Gasteiger partial charge in [0.05, 0.1) is 18.8 Å². The van der Waals surface area contributed by atoms with Gasteiger partial charge in [-0.25, -0.2) is 9.97 Å². The Balaban J connectivity index is 1.35. The number of hydrogen-bond acceptors (Lipinski definition) is 6. The molecule has 0 atom stereocenters. The van der Waals surface area contributed by atoms with E-state index in [0.29, 0.717) is 5.92 Å². The molecule has 3 heterocycles. The summed E-state index contributed by atoms with van der Waals surface area (Å²) in [6.45, 7) is 5.93. The molecule has 0 spiro atoms. The first-order valence-electron chi connectivity index (χ1n) is 8.82. The number of piperidine rings is 1. The predicted octanol–water partition coefficient (Wildman–Crippen LogP) is 1.02. The molecule has 3 aliphatic rings. The van der Waals surface area contributed by atoms with Crippen LogP contribution in [0.25, 0.3) is 0 Å². The first kappa shape index (κ1) is 15.3. The number of morpholine rings is 1. The summed E-state index contributed by atoms with van der Waals surface area (Å²) < 4.78 is 5.39. The topological polar surface area (TPSA) is 61.7 Å². The molecule has 1 aromatic heterocycles. The minimum Gasteiger partial charge on any atom is -0.388 e. The maximum atomic E-state index is 10.9. The molecule has 6 heteroatoms. The summed E-state index contributed by atoms with van der Waals surface area (Å²) in [5, 5.41) is 10.9. The van der Waals surface area contributed by atoms with Crippen LogP contribution in [-0.2, 0) is 4.74 Å². The fourth-order valence-corrected chi connectivity index (χ4v) is 3.56. The molecule has 4 rings (SSSR count). The highest BCUT2D eigenvalue weighted by molar-refractivity contribution is 5.39. The smallest absolute Gasteiger partial charge is 0.133 e. The highest BCUT2D eigenvalue weighted by Crippen LogP contribution is 2.38. The number of nitrogens with zero attached hydrogens (tertiary/aromatic N) is 4. The van der Waals surface area contributed by atoms with Gasteiger partial charge in [-0.05, 0) is 31.7 Å². The molecule has 2 saturated heterocycles. The molecule has 1 saturated carbocycles. The van der Waals surface area contributed by atoms with E-state index in [2.05, 4.69) is 14.8 Å². The van der Waals surface area contributed by atoms with Crippen molar-refractivity contribution in [2.75, 3.05) is 50.8 Å². The summed E-state index contributed by atoms with van der Waals surface area (Å²) in [6, 6.07) is 2.00. The molecule has 1 aliphatic carbocycles. The lowest BCUT2D eigenvalue weighted by Gasteiger charge is -2.42. The number of aliphatic hydroxyl groups is 1. The van der Waals surface area contributed by atoms with Crippen LogP contribution in [0.1, 0.15) is 37.4 Å². The van der Waals surface area contributed by atoms with Crippen molar-refractivity contribution in [2.45, 2.75) is 37.2 Å². The third-order valence-corrected chi connectivity index (χ3v) is 5.24. The standard InChI is InChI=1S/C17H26N4O2/c22-17(13-20-9-11-23-12-10-20)4-7-21(8-5-17)15-3-6-18-16(19-15)14-1-2-14/h3,6,14,22H,1-2,4-5,7-13H2. The third kappa shape index (κ3) is 3.65. The van der Waals surface area contributed by atoms with Crippen LogP contribution in [0.5, 0.6) is 0 Å². The van der Waals surface area contributed by atoms with Crippen LogP contribution >= 0.6 is 0 Å². The van der Waals surface area contributed by atoms with Crippen molar-refractivity contribution in [2.24, 2.45) is 0 Å². The molecule has 0 bridgehead atoms. The highest BCUT2D eigenvalue weighted by Gasteiger charge is 2.35. The van der Waals surface area contributed by atoms with E-state index in [9.17, 15) is 5.11 Å². The number of aromatic nitrogens is 2. The van der Waals surface area contributed by atoms with Crippen LogP contribution in [0.3, 0.4) is 0 Å². The van der Waals surface area contributed by atoms with Crippen LogP contribution in [0.4, 0.5) is 5.82 Å². The third-order valence-electron chi connectivity index (χ3n) is 5.24. The van der Waals surface area contributed by atoms with Crippen molar-refractivity contribution in [3.63, 3.8) is 0 Å². The van der Waals surface area contributed by atoms with Crippen LogP contribution in [0.2, 0.25) is 0 Å². The fraction of sp³-hybridized carbons (Fsp3) is 0.765. The minimum absolute atomic E-state index is 0.569. The maximum Gasteiger partial charge on any atom is 0.133 e. The molecule has 1 N–H and O–H groups in total. The first-order chi connectivity index (χ1) is 11.2. The molecule has 126 valence electrons.